The Balaban J connectivity index is 2.59. The first-order valence-corrected chi connectivity index (χ1v) is 3.66. The van der Waals surface area contributed by atoms with Crippen molar-refractivity contribution >= 4 is 0 Å². The zero-order valence-corrected chi connectivity index (χ0v) is 6.97. The van der Waals surface area contributed by atoms with E-state index in [2.05, 4.69) is 4.98 Å². The molecule has 0 aromatic carbocycles. The number of rotatable bonds is 2. The van der Waals surface area contributed by atoms with Crippen molar-refractivity contribution in [3.63, 3.8) is 0 Å². The van der Waals surface area contributed by atoms with Crippen LogP contribution in [-0.4, -0.2) is 20.8 Å². The summed E-state index contributed by atoms with van der Waals surface area (Å²) in [7, 11) is 1.54. The van der Waals surface area contributed by atoms with Gasteiger partial charge in [-0.15, -0.1) is 0 Å². The second-order valence-electron chi connectivity index (χ2n) is 2.74. The summed E-state index contributed by atoms with van der Waals surface area (Å²) >= 11 is 0. The van der Waals surface area contributed by atoms with Crippen LogP contribution in [0.2, 0.25) is 0 Å². The van der Waals surface area contributed by atoms with E-state index in [0.29, 0.717) is 0 Å². The predicted octanol–water partition coefficient (Wildman–Crippen LogP) is 1.62. The number of hydrogen-bond acceptors (Lipinski definition) is 2. The van der Waals surface area contributed by atoms with Gasteiger partial charge in [-0.05, 0) is 0 Å². The van der Waals surface area contributed by atoms with Gasteiger partial charge >= 0.3 is 6.18 Å². The lowest BCUT2D eigenvalue weighted by molar-refractivity contribution is -0.134. The molecule has 1 aromatic rings. The Bertz CT molecular complexity index is 292. The molecule has 74 valence electrons. The van der Waals surface area contributed by atoms with Crippen LogP contribution in [0.5, 0.6) is 5.88 Å². The van der Waals surface area contributed by atoms with E-state index in [1.165, 1.54) is 10.8 Å². The average Bonchev–Trinajstić information content (AvgIpc) is 2.24. The minimum atomic E-state index is -4.18. The van der Waals surface area contributed by atoms with E-state index in [-0.39, 0.29) is 18.1 Å². The molecule has 13 heavy (non-hydrogen) atoms. The lowest BCUT2D eigenvalue weighted by Crippen LogP contribution is -2.10. The van der Waals surface area contributed by atoms with E-state index in [0.717, 1.165) is 0 Å². The van der Waals surface area contributed by atoms with Crippen LogP contribution in [0.25, 0.3) is 0 Å². The van der Waals surface area contributed by atoms with Crippen molar-refractivity contribution in [1.82, 2.24) is 9.55 Å². The quantitative estimate of drug-likeness (QED) is 0.776. The molecule has 0 amide bonds. The Morgan fingerprint density at radius 3 is 2.54 bits per heavy atom. The monoisotopic (exact) mass is 194 g/mol. The second kappa shape index (κ2) is 3.27. The van der Waals surface area contributed by atoms with Gasteiger partial charge in [0.2, 0.25) is 5.88 Å². The van der Waals surface area contributed by atoms with E-state index < -0.39 is 12.6 Å². The van der Waals surface area contributed by atoms with E-state index in [4.69, 9.17) is 5.11 Å². The van der Waals surface area contributed by atoms with Gasteiger partial charge in [0.15, 0.2) is 0 Å². The number of alkyl halides is 3. The molecule has 1 heterocycles. The maximum atomic E-state index is 11.8. The molecule has 0 aliphatic carbocycles. The molecule has 0 aliphatic rings. The molecule has 6 heteroatoms. The number of aromatic nitrogens is 2. The predicted molar refractivity (Wildman–Crippen MR) is 39.2 cm³/mol. The minimum absolute atomic E-state index is 0.208. The van der Waals surface area contributed by atoms with E-state index in [9.17, 15) is 13.2 Å². The maximum absolute atomic E-state index is 11.8. The number of imidazole rings is 1. The third kappa shape index (κ3) is 2.96. The number of aryl methyl sites for hydroxylation is 2. The fourth-order valence-corrected chi connectivity index (χ4v) is 0.973. The fourth-order valence-electron chi connectivity index (χ4n) is 0.973. The molecule has 1 aromatic heterocycles. The zero-order chi connectivity index (χ0) is 10.1. The molecule has 0 aliphatic heterocycles. The SMILES string of the molecule is Cn1cc(O)nc1CCC(F)(F)F. The van der Waals surface area contributed by atoms with Crippen molar-refractivity contribution in [3.05, 3.63) is 12.0 Å². The van der Waals surface area contributed by atoms with Gasteiger partial charge in [-0.25, -0.2) is 0 Å². The molecular weight excluding hydrogens is 185 g/mol. The summed E-state index contributed by atoms with van der Waals surface area (Å²) < 4.78 is 36.7. The van der Waals surface area contributed by atoms with Crippen LogP contribution in [0, 0.1) is 0 Å². The highest BCUT2D eigenvalue weighted by Gasteiger charge is 2.27. The normalized spacial score (nSPS) is 12.0. The van der Waals surface area contributed by atoms with Gasteiger partial charge in [0.1, 0.15) is 5.82 Å². The van der Waals surface area contributed by atoms with Crippen molar-refractivity contribution in [1.29, 1.82) is 0 Å². The summed E-state index contributed by atoms with van der Waals surface area (Å²) in [6, 6.07) is 0. The lowest BCUT2D eigenvalue weighted by atomic mass is 10.3. The third-order valence-electron chi connectivity index (χ3n) is 1.59. The Kier molecular flexibility index (Phi) is 2.49. The Hall–Kier alpha value is -1.20. The number of hydrogen-bond donors (Lipinski definition) is 1. The topological polar surface area (TPSA) is 38.0 Å². The lowest BCUT2D eigenvalue weighted by Gasteiger charge is -2.04. The first-order chi connectivity index (χ1) is 5.88. The number of nitrogens with zero attached hydrogens (tertiary/aromatic N) is 2. The van der Waals surface area contributed by atoms with Crippen molar-refractivity contribution in [3.8, 4) is 5.88 Å². The summed E-state index contributed by atoms with van der Waals surface area (Å²) in [5.74, 6) is -0.0190. The largest absolute Gasteiger partial charge is 0.492 e. The van der Waals surface area contributed by atoms with Crippen LogP contribution in [0.15, 0.2) is 6.20 Å². The zero-order valence-electron chi connectivity index (χ0n) is 6.97. The van der Waals surface area contributed by atoms with Crippen LogP contribution >= 0.6 is 0 Å². The Morgan fingerprint density at radius 2 is 2.15 bits per heavy atom. The number of aromatic hydroxyl groups is 1. The van der Waals surface area contributed by atoms with E-state index in [1.807, 2.05) is 0 Å². The van der Waals surface area contributed by atoms with Crippen molar-refractivity contribution in [2.45, 2.75) is 19.0 Å². The smallest absolute Gasteiger partial charge is 0.389 e. The highest BCUT2D eigenvalue weighted by atomic mass is 19.4. The fraction of sp³-hybridized carbons (Fsp3) is 0.571. The number of halogens is 3. The van der Waals surface area contributed by atoms with Gasteiger partial charge in [0, 0.05) is 13.5 Å². The van der Waals surface area contributed by atoms with Crippen LogP contribution in [0.1, 0.15) is 12.2 Å². The first-order valence-electron chi connectivity index (χ1n) is 3.66. The van der Waals surface area contributed by atoms with Gasteiger partial charge in [-0.1, -0.05) is 0 Å². The standard InChI is InChI=1S/C7H9F3N2O/c1-12-4-6(13)11-5(12)2-3-7(8,9)10/h4,13H,2-3H2,1H3. The molecule has 0 radical (unpaired) electrons. The summed E-state index contributed by atoms with van der Waals surface area (Å²) in [6.45, 7) is 0. The van der Waals surface area contributed by atoms with Gasteiger partial charge < -0.3 is 9.67 Å². The molecule has 0 spiro atoms. The molecular formula is C7H9F3N2O. The average molecular weight is 194 g/mol. The van der Waals surface area contributed by atoms with Crippen LogP contribution < -0.4 is 0 Å². The van der Waals surface area contributed by atoms with Crippen molar-refractivity contribution in [2.75, 3.05) is 0 Å². The highest BCUT2D eigenvalue weighted by molar-refractivity contribution is 5.07. The summed E-state index contributed by atoms with van der Waals surface area (Å²) in [5, 5.41) is 8.85. The molecule has 0 bridgehead atoms. The van der Waals surface area contributed by atoms with Gasteiger partial charge in [0.25, 0.3) is 0 Å². The highest BCUT2D eigenvalue weighted by Crippen LogP contribution is 2.22. The maximum Gasteiger partial charge on any atom is 0.389 e. The molecule has 1 N–H and O–H groups in total. The molecule has 0 saturated carbocycles. The molecule has 0 fully saturated rings. The van der Waals surface area contributed by atoms with E-state index >= 15 is 0 Å². The third-order valence-corrected chi connectivity index (χ3v) is 1.59. The van der Waals surface area contributed by atoms with Crippen molar-refractivity contribution in [2.24, 2.45) is 7.05 Å². The minimum Gasteiger partial charge on any atom is -0.492 e. The molecule has 3 nitrogen and oxygen atoms in total. The Morgan fingerprint density at radius 1 is 1.54 bits per heavy atom. The van der Waals surface area contributed by atoms with Crippen LogP contribution in [0.4, 0.5) is 13.2 Å². The summed E-state index contributed by atoms with van der Waals surface area (Å²) in [6.07, 6.45) is -4.04. The molecule has 0 saturated heterocycles. The van der Waals surface area contributed by atoms with Gasteiger partial charge in [0.05, 0.1) is 12.6 Å². The molecule has 0 atom stereocenters. The Labute approximate surface area is 72.8 Å². The molecule has 1 rings (SSSR count). The van der Waals surface area contributed by atoms with Gasteiger partial charge in [-0.3, -0.25) is 0 Å². The summed E-state index contributed by atoms with van der Waals surface area (Å²) in [5.41, 5.74) is 0. The van der Waals surface area contributed by atoms with Crippen LogP contribution in [-0.2, 0) is 13.5 Å². The first kappa shape index (κ1) is 9.88. The van der Waals surface area contributed by atoms with Crippen LogP contribution in [0.3, 0.4) is 0 Å². The van der Waals surface area contributed by atoms with Crippen molar-refractivity contribution < 1.29 is 18.3 Å². The van der Waals surface area contributed by atoms with Gasteiger partial charge in [-0.2, -0.15) is 18.2 Å². The van der Waals surface area contributed by atoms with E-state index in [1.54, 1.807) is 7.05 Å². The summed E-state index contributed by atoms with van der Waals surface area (Å²) in [4.78, 5) is 3.53. The molecule has 0 unspecified atom stereocenters. The second-order valence-corrected chi connectivity index (χ2v) is 2.74.